The quantitative estimate of drug-likeness (QED) is 0.385. The van der Waals surface area contributed by atoms with Crippen LogP contribution in [0.5, 0.6) is 0 Å². The predicted octanol–water partition coefficient (Wildman–Crippen LogP) is 1.60. The molecular weight excluding hydrogens is 328 g/mol. The lowest BCUT2D eigenvalue weighted by Gasteiger charge is -1.97. The number of aliphatic hydroxyl groups is 4. The number of hydrogen-bond donors (Lipinski definition) is 4. The average molecular weight is 373 g/mol. The van der Waals surface area contributed by atoms with Crippen LogP contribution in [0.4, 0.5) is 0 Å². The molecule has 0 fully saturated rings. The van der Waals surface area contributed by atoms with E-state index in [0.717, 1.165) is 32.8 Å². The van der Waals surface area contributed by atoms with E-state index in [-0.39, 0.29) is 19.8 Å². The Kier molecular flexibility index (Phi) is 50.5. The lowest BCUT2D eigenvalue weighted by Crippen LogP contribution is -2.03. The molecule has 0 spiro atoms. The molecule has 0 aromatic rings. The molecule has 1 unspecified atom stereocenters. The first-order valence-electron chi connectivity index (χ1n) is 9.25. The Morgan fingerprint density at radius 3 is 1.36 bits per heavy atom. The number of rotatable bonds is 12. The van der Waals surface area contributed by atoms with Crippen LogP contribution in [0.25, 0.3) is 0 Å². The molecule has 0 saturated carbocycles. The lowest BCUT2D eigenvalue weighted by molar-refractivity contribution is 0.0650. The molecule has 0 saturated heterocycles. The molecule has 0 aliphatic carbocycles. The van der Waals surface area contributed by atoms with Gasteiger partial charge in [-0.2, -0.15) is 0 Å². The van der Waals surface area contributed by atoms with Gasteiger partial charge in [0.15, 0.2) is 0 Å². The SMILES string of the molecule is CC(O)CO.CCCCOCCC.CCOCC.OCCOCCO. The van der Waals surface area contributed by atoms with Crippen LogP contribution in [0.1, 0.15) is 53.9 Å². The molecule has 0 radical (unpaired) electrons. The van der Waals surface area contributed by atoms with Gasteiger partial charge >= 0.3 is 0 Å². The topological polar surface area (TPSA) is 109 Å². The van der Waals surface area contributed by atoms with Crippen molar-refractivity contribution in [2.24, 2.45) is 0 Å². The molecule has 0 rings (SSSR count). The molecule has 7 heteroatoms. The third-order valence-corrected chi connectivity index (χ3v) is 2.13. The van der Waals surface area contributed by atoms with E-state index in [4.69, 9.17) is 29.9 Å². The Morgan fingerprint density at radius 2 is 1.12 bits per heavy atom. The second kappa shape index (κ2) is 39.0. The van der Waals surface area contributed by atoms with Crippen molar-refractivity contribution in [3.8, 4) is 0 Å². The minimum absolute atomic E-state index is 0.0278. The van der Waals surface area contributed by atoms with Crippen molar-refractivity contribution in [1.82, 2.24) is 0 Å². The zero-order valence-electron chi connectivity index (χ0n) is 17.1. The van der Waals surface area contributed by atoms with Gasteiger partial charge in [0.2, 0.25) is 0 Å². The second-order valence-corrected chi connectivity index (χ2v) is 4.84. The molecule has 0 aliphatic heterocycles. The summed E-state index contributed by atoms with van der Waals surface area (Å²) in [6.07, 6.45) is 3.03. The lowest BCUT2D eigenvalue weighted by atomic mass is 10.4. The Balaban J connectivity index is -0.000000120. The van der Waals surface area contributed by atoms with E-state index in [9.17, 15) is 0 Å². The standard InChI is InChI=1S/C7H16O.C4H10O3.C4H10O.C3H8O2/c1-3-5-7-8-6-4-2;5-1-3-7-4-2-6;1-3-5-4-2;1-3(5)2-4/h3-7H2,1-2H3;5-6H,1-4H2;3-4H2,1-2H3;3-5H,2H2,1H3. The van der Waals surface area contributed by atoms with Crippen LogP contribution in [0, 0.1) is 0 Å². The maximum absolute atomic E-state index is 8.11. The van der Waals surface area contributed by atoms with Gasteiger partial charge < -0.3 is 34.6 Å². The van der Waals surface area contributed by atoms with Gasteiger partial charge in [-0.1, -0.05) is 20.3 Å². The second-order valence-electron chi connectivity index (χ2n) is 4.84. The molecule has 0 aromatic heterocycles. The van der Waals surface area contributed by atoms with Crippen LogP contribution < -0.4 is 0 Å². The van der Waals surface area contributed by atoms with Crippen molar-refractivity contribution in [2.75, 3.05) is 59.5 Å². The molecule has 7 nitrogen and oxygen atoms in total. The molecule has 158 valence electrons. The first-order chi connectivity index (χ1) is 12.0. The Bertz CT molecular complexity index is 158. The van der Waals surface area contributed by atoms with E-state index < -0.39 is 6.10 Å². The van der Waals surface area contributed by atoms with Crippen molar-refractivity contribution < 1.29 is 34.6 Å². The molecule has 0 heterocycles. The van der Waals surface area contributed by atoms with Gasteiger partial charge in [0.05, 0.1) is 39.1 Å². The highest BCUT2D eigenvalue weighted by molar-refractivity contribution is 4.34. The highest BCUT2D eigenvalue weighted by Crippen LogP contribution is 1.88. The van der Waals surface area contributed by atoms with Crippen LogP contribution in [-0.4, -0.2) is 86.0 Å². The minimum Gasteiger partial charge on any atom is -0.394 e. The third kappa shape index (κ3) is 69.2. The van der Waals surface area contributed by atoms with Gasteiger partial charge in [0.1, 0.15) is 0 Å². The maximum Gasteiger partial charge on any atom is 0.0742 e. The largest absolute Gasteiger partial charge is 0.394 e. The van der Waals surface area contributed by atoms with E-state index in [0.29, 0.717) is 13.2 Å². The van der Waals surface area contributed by atoms with Gasteiger partial charge in [-0.3, -0.25) is 0 Å². The van der Waals surface area contributed by atoms with E-state index in [1.54, 1.807) is 0 Å². The molecule has 1 atom stereocenters. The van der Waals surface area contributed by atoms with E-state index in [1.807, 2.05) is 13.8 Å². The van der Waals surface area contributed by atoms with Crippen LogP contribution in [0.3, 0.4) is 0 Å². The summed E-state index contributed by atoms with van der Waals surface area (Å²) < 4.78 is 14.7. The van der Waals surface area contributed by atoms with Gasteiger partial charge in [-0.25, -0.2) is 0 Å². The first-order valence-corrected chi connectivity index (χ1v) is 9.25. The van der Waals surface area contributed by atoms with Gasteiger partial charge in [0, 0.05) is 26.4 Å². The highest BCUT2D eigenvalue weighted by atomic mass is 16.5. The van der Waals surface area contributed by atoms with Crippen molar-refractivity contribution >= 4 is 0 Å². The number of ether oxygens (including phenoxy) is 3. The van der Waals surface area contributed by atoms with E-state index in [1.165, 1.54) is 19.8 Å². The van der Waals surface area contributed by atoms with Crippen LogP contribution >= 0.6 is 0 Å². The average Bonchev–Trinajstić information content (AvgIpc) is 2.61. The Morgan fingerprint density at radius 1 is 0.680 bits per heavy atom. The summed E-state index contributed by atoms with van der Waals surface area (Å²) >= 11 is 0. The van der Waals surface area contributed by atoms with Gasteiger partial charge in [-0.15, -0.1) is 0 Å². The number of aliphatic hydroxyl groups excluding tert-OH is 4. The summed E-state index contributed by atoms with van der Waals surface area (Å²) in [6, 6.07) is 0. The first kappa shape index (κ1) is 32.4. The minimum atomic E-state index is -0.560. The molecule has 0 amide bonds. The van der Waals surface area contributed by atoms with Crippen molar-refractivity contribution in [2.45, 2.75) is 60.0 Å². The summed E-state index contributed by atoms with van der Waals surface area (Å²) in [7, 11) is 0. The van der Waals surface area contributed by atoms with Crippen LogP contribution in [-0.2, 0) is 14.2 Å². The van der Waals surface area contributed by atoms with E-state index in [2.05, 4.69) is 18.6 Å². The smallest absolute Gasteiger partial charge is 0.0742 e. The van der Waals surface area contributed by atoms with Crippen LogP contribution in [0.15, 0.2) is 0 Å². The Hall–Kier alpha value is -0.280. The summed E-state index contributed by atoms with van der Waals surface area (Å²) in [4.78, 5) is 0. The fraction of sp³-hybridized carbons (Fsp3) is 1.00. The fourth-order valence-electron chi connectivity index (χ4n) is 0.928. The van der Waals surface area contributed by atoms with Crippen molar-refractivity contribution in [3.05, 3.63) is 0 Å². The summed E-state index contributed by atoms with van der Waals surface area (Å²) in [5.41, 5.74) is 0. The highest BCUT2D eigenvalue weighted by Gasteiger charge is 1.83. The maximum atomic E-state index is 8.11. The molecule has 0 bridgehead atoms. The molecule has 4 N–H and O–H groups in total. The third-order valence-electron chi connectivity index (χ3n) is 2.13. The molecular formula is C18H44O7. The fourth-order valence-corrected chi connectivity index (χ4v) is 0.928. The predicted molar refractivity (Wildman–Crippen MR) is 102 cm³/mol. The monoisotopic (exact) mass is 372 g/mol. The molecule has 25 heavy (non-hydrogen) atoms. The van der Waals surface area contributed by atoms with Gasteiger partial charge in [-0.05, 0) is 33.6 Å². The van der Waals surface area contributed by atoms with E-state index >= 15 is 0 Å². The summed E-state index contributed by atoms with van der Waals surface area (Å²) in [5.74, 6) is 0. The summed E-state index contributed by atoms with van der Waals surface area (Å²) in [5, 5.41) is 32.2. The van der Waals surface area contributed by atoms with Gasteiger partial charge in [0.25, 0.3) is 0 Å². The zero-order valence-corrected chi connectivity index (χ0v) is 17.1. The number of hydrogen-bond acceptors (Lipinski definition) is 7. The Labute approximate surface area is 154 Å². The molecule has 0 aliphatic rings. The molecule has 0 aromatic carbocycles. The summed E-state index contributed by atoms with van der Waals surface area (Å²) in [6.45, 7) is 13.9. The van der Waals surface area contributed by atoms with Crippen molar-refractivity contribution in [1.29, 1.82) is 0 Å². The number of unbranched alkanes of at least 4 members (excludes halogenated alkanes) is 1. The van der Waals surface area contributed by atoms with Crippen molar-refractivity contribution in [3.63, 3.8) is 0 Å². The normalized spacial score (nSPS) is 10.4. The van der Waals surface area contributed by atoms with Crippen LogP contribution in [0.2, 0.25) is 0 Å². The zero-order chi connectivity index (χ0) is 20.2.